The van der Waals surface area contributed by atoms with E-state index in [9.17, 15) is 14.0 Å². The Kier molecular flexibility index (Phi) is 6.66. The van der Waals surface area contributed by atoms with Crippen molar-refractivity contribution < 1.29 is 23.5 Å². The van der Waals surface area contributed by atoms with Gasteiger partial charge < -0.3 is 9.47 Å². The predicted octanol–water partition coefficient (Wildman–Crippen LogP) is 4.17. The number of carbonyl (C=O) groups is 2. The Morgan fingerprint density at radius 2 is 1.83 bits per heavy atom. The number of carbonyl (C=O) groups excluding carboxylic acids is 2. The maximum absolute atomic E-state index is 13.2. The number of benzene rings is 2. The van der Waals surface area contributed by atoms with Crippen LogP contribution in [0.2, 0.25) is 0 Å². The zero-order chi connectivity index (χ0) is 20.8. The molecule has 2 aromatic carbocycles. The molecule has 0 saturated heterocycles. The molecule has 6 nitrogen and oxygen atoms in total. The van der Waals surface area contributed by atoms with Crippen LogP contribution in [-0.4, -0.2) is 40.8 Å². The second kappa shape index (κ2) is 9.38. The van der Waals surface area contributed by atoms with Crippen molar-refractivity contribution in [1.82, 2.24) is 9.55 Å². The standard InChI is InChI=1S/C21H19FN2O4S/c1-14(25)17-5-3-4-6-19(17)27-11-12-28-20(26)18-13-23-21(29-2)24(18)16-9-7-15(22)8-10-16/h3-10,13H,11-12H2,1-2H3. The molecule has 0 radical (unpaired) electrons. The fraction of sp³-hybridized carbons (Fsp3) is 0.190. The average Bonchev–Trinajstić information content (AvgIpc) is 3.16. The van der Waals surface area contributed by atoms with Gasteiger partial charge in [0.2, 0.25) is 0 Å². The second-order valence-corrected chi connectivity index (χ2v) is 6.75. The molecular weight excluding hydrogens is 395 g/mol. The van der Waals surface area contributed by atoms with Gasteiger partial charge in [0.1, 0.15) is 24.8 Å². The number of imidazole rings is 1. The second-order valence-electron chi connectivity index (χ2n) is 5.98. The van der Waals surface area contributed by atoms with Gasteiger partial charge in [0.25, 0.3) is 0 Å². The van der Waals surface area contributed by atoms with E-state index in [-0.39, 0.29) is 30.5 Å². The molecule has 8 heteroatoms. The summed E-state index contributed by atoms with van der Waals surface area (Å²) in [5.74, 6) is -0.611. The molecule has 1 aromatic heterocycles. The van der Waals surface area contributed by atoms with Crippen molar-refractivity contribution in [2.45, 2.75) is 12.1 Å². The van der Waals surface area contributed by atoms with Crippen LogP contribution in [0.4, 0.5) is 4.39 Å². The Morgan fingerprint density at radius 1 is 1.10 bits per heavy atom. The van der Waals surface area contributed by atoms with Crippen molar-refractivity contribution in [3.05, 3.63) is 71.8 Å². The number of Topliss-reactive ketones (excluding diaryl/α,β-unsaturated/α-hetero) is 1. The highest BCUT2D eigenvalue weighted by Crippen LogP contribution is 2.23. The first-order chi connectivity index (χ1) is 14.0. The van der Waals surface area contributed by atoms with E-state index >= 15 is 0 Å². The van der Waals surface area contributed by atoms with Gasteiger partial charge in [-0.2, -0.15) is 0 Å². The summed E-state index contributed by atoms with van der Waals surface area (Å²) in [6, 6.07) is 12.6. The number of rotatable bonds is 8. The number of ether oxygens (including phenoxy) is 2. The molecule has 0 aliphatic carbocycles. The summed E-state index contributed by atoms with van der Waals surface area (Å²) in [6.45, 7) is 1.55. The van der Waals surface area contributed by atoms with Gasteiger partial charge in [-0.05, 0) is 49.6 Å². The Morgan fingerprint density at radius 3 is 2.52 bits per heavy atom. The third-order valence-electron chi connectivity index (χ3n) is 4.05. The Balaban J connectivity index is 1.67. The maximum atomic E-state index is 13.2. The van der Waals surface area contributed by atoms with E-state index in [1.165, 1.54) is 37.0 Å². The smallest absolute Gasteiger partial charge is 0.357 e. The summed E-state index contributed by atoms with van der Waals surface area (Å²) in [5, 5.41) is 0.579. The normalized spacial score (nSPS) is 10.6. The molecule has 3 aromatic rings. The lowest BCUT2D eigenvalue weighted by atomic mass is 10.1. The molecule has 150 valence electrons. The zero-order valence-electron chi connectivity index (χ0n) is 15.9. The highest BCUT2D eigenvalue weighted by Gasteiger charge is 2.19. The molecule has 0 fully saturated rings. The highest BCUT2D eigenvalue weighted by molar-refractivity contribution is 7.98. The molecule has 0 aliphatic heterocycles. The van der Waals surface area contributed by atoms with Crippen molar-refractivity contribution in [2.24, 2.45) is 0 Å². The predicted molar refractivity (Wildman–Crippen MR) is 108 cm³/mol. The molecule has 0 unspecified atom stereocenters. The molecule has 3 rings (SSSR count). The third-order valence-corrected chi connectivity index (χ3v) is 4.70. The quantitative estimate of drug-likeness (QED) is 0.238. The molecule has 29 heavy (non-hydrogen) atoms. The summed E-state index contributed by atoms with van der Waals surface area (Å²) in [6.07, 6.45) is 3.25. The number of esters is 1. The summed E-state index contributed by atoms with van der Waals surface area (Å²) < 4.78 is 25.7. The third kappa shape index (κ3) is 4.83. The van der Waals surface area contributed by atoms with Crippen LogP contribution in [0.1, 0.15) is 27.8 Å². The Bertz CT molecular complexity index is 1020. The van der Waals surface area contributed by atoms with Gasteiger partial charge in [0.05, 0.1) is 11.8 Å². The monoisotopic (exact) mass is 414 g/mol. The van der Waals surface area contributed by atoms with E-state index in [0.717, 1.165) is 0 Å². The van der Waals surface area contributed by atoms with Gasteiger partial charge in [-0.3, -0.25) is 9.36 Å². The van der Waals surface area contributed by atoms with E-state index in [4.69, 9.17) is 9.47 Å². The molecule has 0 N–H and O–H groups in total. The SMILES string of the molecule is CSc1ncc(C(=O)OCCOc2ccccc2C(C)=O)n1-c1ccc(F)cc1. The topological polar surface area (TPSA) is 70.4 Å². The van der Waals surface area contributed by atoms with Crippen LogP contribution >= 0.6 is 11.8 Å². The minimum absolute atomic E-state index is 0.00568. The minimum atomic E-state index is -0.578. The van der Waals surface area contributed by atoms with Crippen LogP contribution in [-0.2, 0) is 4.74 Å². The number of nitrogens with zero attached hydrogens (tertiary/aromatic N) is 2. The van der Waals surface area contributed by atoms with E-state index in [1.54, 1.807) is 41.0 Å². The number of halogens is 1. The van der Waals surface area contributed by atoms with Crippen molar-refractivity contribution >= 4 is 23.5 Å². The fourth-order valence-electron chi connectivity index (χ4n) is 2.71. The lowest BCUT2D eigenvalue weighted by Gasteiger charge is -2.12. The van der Waals surface area contributed by atoms with Crippen molar-refractivity contribution in [3.8, 4) is 11.4 Å². The molecular formula is C21H19FN2O4S. The molecule has 0 atom stereocenters. The number of ketones is 1. The van der Waals surface area contributed by atoms with Gasteiger partial charge in [0, 0.05) is 5.69 Å². The van der Waals surface area contributed by atoms with E-state index < -0.39 is 5.97 Å². The van der Waals surface area contributed by atoms with Crippen LogP contribution < -0.4 is 4.74 Å². The molecule has 0 aliphatic rings. The largest absolute Gasteiger partial charge is 0.489 e. The number of hydrogen-bond donors (Lipinski definition) is 0. The first kappa shape index (κ1) is 20.6. The van der Waals surface area contributed by atoms with Gasteiger partial charge in [0.15, 0.2) is 16.6 Å². The molecule has 1 heterocycles. The minimum Gasteiger partial charge on any atom is -0.489 e. The van der Waals surface area contributed by atoms with Crippen LogP contribution in [0.3, 0.4) is 0 Å². The number of hydrogen-bond acceptors (Lipinski definition) is 6. The van der Waals surface area contributed by atoms with Crippen molar-refractivity contribution in [1.29, 1.82) is 0 Å². The molecule has 0 bridgehead atoms. The zero-order valence-corrected chi connectivity index (χ0v) is 16.7. The van der Waals surface area contributed by atoms with E-state index in [2.05, 4.69) is 4.98 Å². The van der Waals surface area contributed by atoms with Crippen LogP contribution in [0.15, 0.2) is 59.9 Å². The Hall–Kier alpha value is -3.13. The first-order valence-corrected chi connectivity index (χ1v) is 10.0. The van der Waals surface area contributed by atoms with Crippen LogP contribution in [0, 0.1) is 5.82 Å². The molecule has 0 spiro atoms. The summed E-state index contributed by atoms with van der Waals surface area (Å²) in [5.41, 5.74) is 1.30. The average molecular weight is 414 g/mol. The highest BCUT2D eigenvalue weighted by atomic mass is 32.2. The van der Waals surface area contributed by atoms with Gasteiger partial charge >= 0.3 is 5.97 Å². The summed E-state index contributed by atoms with van der Waals surface area (Å²) >= 11 is 1.36. The fourth-order valence-corrected chi connectivity index (χ4v) is 3.25. The van der Waals surface area contributed by atoms with Crippen LogP contribution in [0.25, 0.3) is 5.69 Å². The van der Waals surface area contributed by atoms with E-state index in [1.807, 2.05) is 6.26 Å². The van der Waals surface area contributed by atoms with Crippen molar-refractivity contribution in [2.75, 3.05) is 19.5 Å². The molecule has 0 saturated carbocycles. The first-order valence-electron chi connectivity index (χ1n) is 8.79. The van der Waals surface area contributed by atoms with Crippen molar-refractivity contribution in [3.63, 3.8) is 0 Å². The maximum Gasteiger partial charge on any atom is 0.357 e. The summed E-state index contributed by atoms with van der Waals surface area (Å²) in [7, 11) is 0. The Labute approximate surface area is 171 Å². The molecule has 0 amide bonds. The van der Waals surface area contributed by atoms with Crippen LogP contribution in [0.5, 0.6) is 5.75 Å². The number of aromatic nitrogens is 2. The van der Waals surface area contributed by atoms with Gasteiger partial charge in [-0.15, -0.1) is 0 Å². The number of para-hydroxylation sites is 1. The lowest BCUT2D eigenvalue weighted by Crippen LogP contribution is -2.16. The summed E-state index contributed by atoms with van der Waals surface area (Å²) in [4.78, 5) is 28.4. The lowest BCUT2D eigenvalue weighted by molar-refractivity contribution is 0.0439. The number of thioether (sulfide) groups is 1. The van der Waals surface area contributed by atoms with Gasteiger partial charge in [-0.25, -0.2) is 14.2 Å². The van der Waals surface area contributed by atoms with Gasteiger partial charge in [-0.1, -0.05) is 23.9 Å². The van der Waals surface area contributed by atoms with E-state index in [0.29, 0.717) is 22.2 Å².